The zero-order chi connectivity index (χ0) is 25.6. The molecule has 0 aromatic heterocycles. The van der Waals surface area contributed by atoms with Crippen molar-refractivity contribution < 1.29 is 9.59 Å². The third-order valence-electron chi connectivity index (χ3n) is 6.09. The summed E-state index contributed by atoms with van der Waals surface area (Å²) in [4.78, 5) is 29.3. The Balaban J connectivity index is 2.01. The molecule has 2 amide bonds. The zero-order valence-electron chi connectivity index (χ0n) is 21.9. The van der Waals surface area contributed by atoms with E-state index in [0.29, 0.717) is 13.0 Å². The molecule has 3 rings (SSSR count). The molecule has 0 aliphatic carbocycles. The Morgan fingerprint density at radius 2 is 1.46 bits per heavy atom. The molecule has 0 fully saturated rings. The highest BCUT2D eigenvalue weighted by Crippen LogP contribution is 2.19. The topological polar surface area (TPSA) is 49.4 Å². The Kier molecular flexibility index (Phi) is 8.50. The van der Waals surface area contributed by atoms with Crippen LogP contribution in [0.15, 0.2) is 72.8 Å². The summed E-state index contributed by atoms with van der Waals surface area (Å²) >= 11 is 0. The first-order valence-corrected chi connectivity index (χ1v) is 12.3. The van der Waals surface area contributed by atoms with E-state index in [-0.39, 0.29) is 18.2 Å². The van der Waals surface area contributed by atoms with E-state index in [2.05, 4.69) is 23.5 Å². The largest absolute Gasteiger partial charge is 0.350 e. The lowest BCUT2D eigenvalue weighted by Gasteiger charge is -2.34. The van der Waals surface area contributed by atoms with Crippen LogP contribution < -0.4 is 5.32 Å². The molecular weight excluding hydrogens is 432 g/mol. The van der Waals surface area contributed by atoms with Crippen molar-refractivity contribution in [3.63, 3.8) is 0 Å². The van der Waals surface area contributed by atoms with Gasteiger partial charge < -0.3 is 10.2 Å². The van der Waals surface area contributed by atoms with Crippen LogP contribution in [0.25, 0.3) is 0 Å². The third kappa shape index (κ3) is 7.81. The molecule has 0 bridgehead atoms. The molecule has 35 heavy (non-hydrogen) atoms. The minimum Gasteiger partial charge on any atom is -0.350 e. The molecule has 184 valence electrons. The fourth-order valence-electron chi connectivity index (χ4n) is 4.15. The molecule has 1 N–H and O–H groups in total. The summed E-state index contributed by atoms with van der Waals surface area (Å²) in [5.74, 6) is -0.188. The number of rotatable bonds is 8. The lowest BCUT2D eigenvalue weighted by atomic mass is 9.98. The molecule has 0 saturated heterocycles. The number of nitrogens with zero attached hydrogens (tertiary/aromatic N) is 1. The Bertz CT molecular complexity index is 1140. The first-order chi connectivity index (χ1) is 16.5. The van der Waals surface area contributed by atoms with Crippen molar-refractivity contribution >= 4 is 11.8 Å². The summed E-state index contributed by atoms with van der Waals surface area (Å²) < 4.78 is 0. The Labute approximate surface area is 210 Å². The van der Waals surface area contributed by atoms with Crippen LogP contribution in [-0.4, -0.2) is 28.3 Å². The van der Waals surface area contributed by atoms with Gasteiger partial charge in [0.1, 0.15) is 6.04 Å². The fraction of sp³-hybridized carbons (Fsp3) is 0.355. The number of carbonyl (C=O) groups excluding carboxylic acids is 2. The van der Waals surface area contributed by atoms with Crippen molar-refractivity contribution in [2.24, 2.45) is 0 Å². The van der Waals surface area contributed by atoms with Crippen molar-refractivity contribution in [3.05, 3.63) is 106 Å². The molecule has 0 heterocycles. The molecule has 4 heteroatoms. The SMILES string of the molecule is Cc1ccc(CN(C(=O)Cc2cc(C)ccc2C)C(Cc2ccccc2)C(=O)NC(C)(C)C)cc1. The van der Waals surface area contributed by atoms with Gasteiger partial charge in [0, 0.05) is 18.5 Å². The second kappa shape index (κ2) is 11.4. The number of amides is 2. The molecular formula is C31H38N2O2. The standard InChI is InChI=1S/C31H38N2O2/c1-22-13-16-26(17-14-22)21-33(29(34)20-27-18-23(2)12-15-24(27)3)28(30(35)32-31(4,5)6)19-25-10-8-7-9-11-25/h7-18,28H,19-21H2,1-6H3,(H,32,35). The van der Waals surface area contributed by atoms with Gasteiger partial charge in [-0.2, -0.15) is 0 Å². The van der Waals surface area contributed by atoms with Crippen LogP contribution in [0, 0.1) is 20.8 Å². The van der Waals surface area contributed by atoms with Gasteiger partial charge in [-0.15, -0.1) is 0 Å². The molecule has 0 aliphatic rings. The molecule has 0 aliphatic heterocycles. The van der Waals surface area contributed by atoms with E-state index in [1.54, 1.807) is 4.90 Å². The predicted octanol–water partition coefficient (Wildman–Crippen LogP) is 5.71. The monoisotopic (exact) mass is 470 g/mol. The van der Waals surface area contributed by atoms with Crippen molar-refractivity contribution in [1.82, 2.24) is 10.2 Å². The highest BCUT2D eigenvalue weighted by molar-refractivity contribution is 5.89. The van der Waals surface area contributed by atoms with Gasteiger partial charge in [-0.05, 0) is 63.8 Å². The van der Waals surface area contributed by atoms with E-state index in [9.17, 15) is 9.59 Å². The summed E-state index contributed by atoms with van der Waals surface area (Å²) in [6.45, 7) is 12.4. The number of benzene rings is 3. The average Bonchev–Trinajstić information content (AvgIpc) is 2.79. The second-order valence-electron chi connectivity index (χ2n) is 10.6. The number of aryl methyl sites for hydroxylation is 3. The lowest BCUT2D eigenvalue weighted by Crippen LogP contribution is -2.54. The number of hydrogen-bond acceptors (Lipinski definition) is 2. The van der Waals surface area contributed by atoms with E-state index in [1.165, 1.54) is 0 Å². The van der Waals surface area contributed by atoms with Crippen LogP contribution in [-0.2, 0) is 29.0 Å². The maximum atomic E-state index is 13.9. The van der Waals surface area contributed by atoms with E-state index in [1.807, 2.05) is 96.1 Å². The van der Waals surface area contributed by atoms with Gasteiger partial charge >= 0.3 is 0 Å². The normalized spacial score (nSPS) is 12.2. The highest BCUT2D eigenvalue weighted by atomic mass is 16.2. The van der Waals surface area contributed by atoms with Gasteiger partial charge in [0.2, 0.25) is 11.8 Å². The highest BCUT2D eigenvalue weighted by Gasteiger charge is 2.32. The van der Waals surface area contributed by atoms with Gasteiger partial charge in [-0.3, -0.25) is 9.59 Å². The van der Waals surface area contributed by atoms with E-state index >= 15 is 0 Å². The maximum Gasteiger partial charge on any atom is 0.243 e. The zero-order valence-corrected chi connectivity index (χ0v) is 21.9. The van der Waals surface area contributed by atoms with E-state index < -0.39 is 11.6 Å². The van der Waals surface area contributed by atoms with E-state index in [0.717, 1.165) is 33.4 Å². The van der Waals surface area contributed by atoms with Crippen LogP contribution in [0.2, 0.25) is 0 Å². The van der Waals surface area contributed by atoms with Crippen LogP contribution in [0.5, 0.6) is 0 Å². The van der Waals surface area contributed by atoms with Gasteiger partial charge in [0.25, 0.3) is 0 Å². The Morgan fingerprint density at radius 3 is 2.09 bits per heavy atom. The van der Waals surface area contributed by atoms with Gasteiger partial charge in [-0.25, -0.2) is 0 Å². The fourth-order valence-corrected chi connectivity index (χ4v) is 4.15. The number of nitrogens with one attached hydrogen (secondary N) is 1. The summed E-state index contributed by atoms with van der Waals surface area (Å²) in [5, 5.41) is 3.12. The predicted molar refractivity (Wildman–Crippen MR) is 143 cm³/mol. The summed E-state index contributed by atoms with van der Waals surface area (Å²) in [6.07, 6.45) is 0.709. The minimum atomic E-state index is -0.629. The second-order valence-corrected chi connectivity index (χ2v) is 10.6. The summed E-state index contributed by atoms with van der Waals surface area (Å²) in [5.41, 5.74) is 5.99. The van der Waals surface area contributed by atoms with E-state index in [4.69, 9.17) is 0 Å². The molecule has 4 nitrogen and oxygen atoms in total. The van der Waals surface area contributed by atoms with Crippen molar-refractivity contribution in [2.45, 2.75) is 72.5 Å². The van der Waals surface area contributed by atoms with Crippen molar-refractivity contribution in [1.29, 1.82) is 0 Å². The van der Waals surface area contributed by atoms with Gasteiger partial charge in [0.05, 0.1) is 6.42 Å². The van der Waals surface area contributed by atoms with Crippen molar-refractivity contribution in [3.8, 4) is 0 Å². The number of carbonyl (C=O) groups is 2. The molecule has 1 unspecified atom stereocenters. The average molecular weight is 471 g/mol. The molecule has 3 aromatic carbocycles. The quantitative estimate of drug-likeness (QED) is 0.458. The first kappa shape index (κ1) is 26.2. The summed E-state index contributed by atoms with van der Waals surface area (Å²) in [6, 6.07) is 23.6. The van der Waals surface area contributed by atoms with Crippen molar-refractivity contribution in [2.75, 3.05) is 0 Å². The van der Waals surface area contributed by atoms with Crippen LogP contribution in [0.3, 0.4) is 0 Å². The molecule has 0 radical (unpaired) electrons. The van der Waals surface area contributed by atoms with Crippen LogP contribution in [0.4, 0.5) is 0 Å². The third-order valence-corrected chi connectivity index (χ3v) is 6.09. The number of hydrogen-bond donors (Lipinski definition) is 1. The maximum absolute atomic E-state index is 13.9. The first-order valence-electron chi connectivity index (χ1n) is 12.3. The molecule has 1 atom stereocenters. The molecule has 3 aromatic rings. The lowest BCUT2D eigenvalue weighted by molar-refractivity contribution is -0.141. The minimum absolute atomic E-state index is 0.0516. The van der Waals surface area contributed by atoms with Crippen LogP contribution >= 0.6 is 0 Å². The Morgan fingerprint density at radius 1 is 0.829 bits per heavy atom. The molecule has 0 spiro atoms. The van der Waals surface area contributed by atoms with Gasteiger partial charge in [-0.1, -0.05) is 83.9 Å². The van der Waals surface area contributed by atoms with Crippen LogP contribution in [0.1, 0.15) is 54.2 Å². The van der Waals surface area contributed by atoms with Gasteiger partial charge in [0.15, 0.2) is 0 Å². The summed E-state index contributed by atoms with van der Waals surface area (Å²) in [7, 11) is 0. The Hall–Kier alpha value is -3.40. The molecule has 0 saturated carbocycles. The smallest absolute Gasteiger partial charge is 0.243 e.